The Morgan fingerprint density at radius 3 is 2.23 bits per heavy atom. The predicted molar refractivity (Wildman–Crippen MR) is 94.9 cm³/mol. The van der Waals surface area contributed by atoms with E-state index in [1.807, 2.05) is 6.07 Å². The number of alkyl halides is 6. The number of hydrogen-bond donors (Lipinski definition) is 0. The van der Waals surface area contributed by atoms with E-state index in [4.69, 9.17) is 20.0 Å². The van der Waals surface area contributed by atoms with Gasteiger partial charge < -0.3 is 14.4 Å². The van der Waals surface area contributed by atoms with Crippen LogP contribution in [0.5, 0.6) is 5.75 Å². The third-order valence-corrected chi connectivity index (χ3v) is 4.46. The van der Waals surface area contributed by atoms with Crippen LogP contribution in [0.15, 0.2) is 42.5 Å². The predicted octanol–water partition coefficient (Wildman–Crippen LogP) is 4.62. The highest BCUT2D eigenvalue weighted by atomic mass is 19.4. The zero-order valence-corrected chi connectivity index (χ0v) is 15.5. The van der Waals surface area contributed by atoms with Crippen LogP contribution < -0.4 is 9.64 Å². The third kappa shape index (κ3) is 5.01. The minimum absolute atomic E-state index is 0.294. The number of nitrogens with zero attached hydrogens (tertiary/aromatic N) is 3. The number of rotatable bonds is 4. The molecule has 0 aliphatic carbocycles. The van der Waals surface area contributed by atoms with E-state index in [0.29, 0.717) is 22.3 Å². The molecule has 5 nitrogen and oxygen atoms in total. The fraction of sp³-hybridized carbons (Fsp3) is 0.300. The maximum Gasteiger partial charge on any atom is 0.433 e. The second-order valence-electron chi connectivity index (χ2n) is 6.59. The molecule has 162 valence electrons. The van der Waals surface area contributed by atoms with Crippen molar-refractivity contribution in [3.63, 3.8) is 0 Å². The molecule has 2 atom stereocenters. The molecule has 2 aromatic rings. The summed E-state index contributed by atoms with van der Waals surface area (Å²) in [6, 6.07) is 11.5. The summed E-state index contributed by atoms with van der Waals surface area (Å²) < 4.78 is 90.5. The molecule has 1 fully saturated rings. The molecule has 31 heavy (non-hydrogen) atoms. The summed E-state index contributed by atoms with van der Waals surface area (Å²) in [5, 5.41) is 17.6. The van der Waals surface area contributed by atoms with Crippen LogP contribution in [0.4, 0.5) is 32.0 Å². The highest BCUT2D eigenvalue weighted by Gasteiger charge is 2.51. The number of benzene rings is 2. The highest BCUT2D eigenvalue weighted by molar-refractivity contribution is 5.56. The molecule has 0 amide bonds. The first-order valence-electron chi connectivity index (χ1n) is 8.76. The van der Waals surface area contributed by atoms with Crippen LogP contribution in [0.25, 0.3) is 0 Å². The van der Waals surface area contributed by atoms with Crippen LogP contribution in [0, 0.1) is 22.7 Å². The summed E-state index contributed by atoms with van der Waals surface area (Å²) in [6.45, 7) is -0.680. The quantitative estimate of drug-likeness (QED) is 0.648. The number of ether oxygens (including phenoxy) is 2. The van der Waals surface area contributed by atoms with E-state index in [0.717, 1.165) is 12.1 Å². The second-order valence-corrected chi connectivity index (χ2v) is 6.59. The molecular formula is C20H13F6N3O2. The van der Waals surface area contributed by atoms with Gasteiger partial charge in [0.1, 0.15) is 18.5 Å². The molecule has 1 unspecified atom stereocenters. The zero-order chi connectivity index (χ0) is 22.8. The summed E-state index contributed by atoms with van der Waals surface area (Å²) in [4.78, 5) is 0.656. The summed E-state index contributed by atoms with van der Waals surface area (Å²) in [6.07, 6.45) is -13.4. The van der Waals surface area contributed by atoms with E-state index in [1.54, 1.807) is 0 Å². The Bertz CT molecular complexity index is 1020. The SMILES string of the molecule is N#Cc1ccc(OCC2CN(c3ccc(C#N)c(C(F)(F)F)c3)[C@H](C(F)(F)F)O2)cc1. The van der Waals surface area contributed by atoms with E-state index in [9.17, 15) is 26.3 Å². The van der Waals surface area contributed by atoms with Crippen molar-refractivity contribution in [2.24, 2.45) is 0 Å². The average molecular weight is 441 g/mol. The molecule has 1 aliphatic heterocycles. The van der Waals surface area contributed by atoms with Gasteiger partial charge in [-0.1, -0.05) is 0 Å². The number of halogens is 6. The smallest absolute Gasteiger partial charge is 0.433 e. The van der Waals surface area contributed by atoms with Gasteiger partial charge in [0.25, 0.3) is 0 Å². The highest BCUT2D eigenvalue weighted by Crippen LogP contribution is 2.39. The molecule has 11 heteroatoms. The molecule has 0 radical (unpaired) electrons. The van der Waals surface area contributed by atoms with Gasteiger partial charge in [0.15, 0.2) is 0 Å². The van der Waals surface area contributed by atoms with Crippen LogP contribution in [0.3, 0.4) is 0 Å². The van der Waals surface area contributed by atoms with Gasteiger partial charge in [-0.15, -0.1) is 0 Å². The van der Waals surface area contributed by atoms with Gasteiger partial charge in [-0.25, -0.2) is 0 Å². The monoisotopic (exact) mass is 441 g/mol. The Morgan fingerprint density at radius 2 is 1.68 bits per heavy atom. The van der Waals surface area contributed by atoms with Gasteiger partial charge in [0.05, 0.1) is 35.4 Å². The van der Waals surface area contributed by atoms with Gasteiger partial charge in [0.2, 0.25) is 6.23 Å². The van der Waals surface area contributed by atoms with E-state index >= 15 is 0 Å². The number of anilines is 1. The standard InChI is InChI=1S/C20H13F6N3O2/c21-19(22,23)17-7-14(4-3-13(17)9-28)29-10-16(31-18(29)20(24,25)26)11-30-15-5-1-12(8-27)2-6-15/h1-7,16,18H,10-11H2/t16?,18-/m0/s1. The van der Waals surface area contributed by atoms with Crippen LogP contribution in [-0.4, -0.2) is 31.7 Å². The molecule has 0 N–H and O–H groups in total. The Hall–Kier alpha value is -3.44. The first-order chi connectivity index (χ1) is 14.5. The first kappa shape index (κ1) is 22.2. The van der Waals surface area contributed by atoms with E-state index in [2.05, 4.69) is 0 Å². The Labute approximate surface area is 172 Å². The number of nitriles is 2. The molecule has 0 aromatic heterocycles. The zero-order valence-electron chi connectivity index (χ0n) is 15.5. The van der Waals surface area contributed by atoms with Crippen molar-refractivity contribution in [2.75, 3.05) is 18.1 Å². The summed E-state index contributed by atoms with van der Waals surface area (Å²) in [5.74, 6) is 0.294. The van der Waals surface area contributed by atoms with E-state index in [1.165, 1.54) is 30.3 Å². The maximum absolute atomic E-state index is 13.5. The van der Waals surface area contributed by atoms with Gasteiger partial charge >= 0.3 is 12.4 Å². The lowest BCUT2D eigenvalue weighted by Crippen LogP contribution is -2.42. The second kappa shape index (κ2) is 8.36. The van der Waals surface area contributed by atoms with Crippen LogP contribution in [0.2, 0.25) is 0 Å². The van der Waals surface area contributed by atoms with Crippen molar-refractivity contribution < 1.29 is 35.8 Å². The molecule has 0 bridgehead atoms. The van der Waals surface area contributed by atoms with E-state index in [-0.39, 0.29) is 18.8 Å². The lowest BCUT2D eigenvalue weighted by atomic mass is 10.1. The Balaban J connectivity index is 1.82. The lowest BCUT2D eigenvalue weighted by Gasteiger charge is -2.27. The average Bonchev–Trinajstić information content (AvgIpc) is 3.16. The van der Waals surface area contributed by atoms with Crippen LogP contribution in [-0.2, 0) is 10.9 Å². The summed E-state index contributed by atoms with van der Waals surface area (Å²) in [5.41, 5.74) is -2.03. The summed E-state index contributed by atoms with van der Waals surface area (Å²) >= 11 is 0. The largest absolute Gasteiger partial charge is 0.491 e. The van der Waals surface area contributed by atoms with Gasteiger partial charge in [0, 0.05) is 5.69 Å². The first-order valence-corrected chi connectivity index (χ1v) is 8.76. The normalized spacial score (nSPS) is 19.0. The molecule has 3 rings (SSSR count). The molecule has 1 saturated heterocycles. The minimum Gasteiger partial charge on any atom is -0.491 e. The van der Waals surface area contributed by atoms with E-state index < -0.39 is 35.8 Å². The van der Waals surface area contributed by atoms with Crippen molar-refractivity contribution in [3.8, 4) is 17.9 Å². The van der Waals surface area contributed by atoms with Crippen molar-refractivity contribution in [3.05, 3.63) is 59.2 Å². The summed E-state index contributed by atoms with van der Waals surface area (Å²) in [7, 11) is 0. The molecule has 2 aromatic carbocycles. The Kier molecular flexibility index (Phi) is 6.00. The van der Waals surface area contributed by atoms with Gasteiger partial charge in [-0.3, -0.25) is 0 Å². The van der Waals surface area contributed by atoms with Gasteiger partial charge in [-0.05, 0) is 42.5 Å². The number of hydrogen-bond acceptors (Lipinski definition) is 5. The van der Waals surface area contributed by atoms with Crippen molar-refractivity contribution >= 4 is 5.69 Å². The lowest BCUT2D eigenvalue weighted by molar-refractivity contribution is -0.215. The molecule has 1 aliphatic rings. The Morgan fingerprint density at radius 1 is 1.00 bits per heavy atom. The van der Waals surface area contributed by atoms with Crippen molar-refractivity contribution in [2.45, 2.75) is 24.7 Å². The topological polar surface area (TPSA) is 69.3 Å². The van der Waals surface area contributed by atoms with Crippen molar-refractivity contribution in [1.29, 1.82) is 10.5 Å². The fourth-order valence-corrected chi connectivity index (χ4v) is 3.06. The van der Waals surface area contributed by atoms with Crippen molar-refractivity contribution in [1.82, 2.24) is 0 Å². The van der Waals surface area contributed by atoms with Crippen LogP contribution >= 0.6 is 0 Å². The molecule has 0 spiro atoms. The minimum atomic E-state index is -4.91. The van der Waals surface area contributed by atoms with Crippen LogP contribution in [0.1, 0.15) is 16.7 Å². The molecular weight excluding hydrogens is 428 g/mol. The maximum atomic E-state index is 13.5. The van der Waals surface area contributed by atoms with Gasteiger partial charge in [-0.2, -0.15) is 36.9 Å². The third-order valence-electron chi connectivity index (χ3n) is 4.46. The fourth-order valence-electron chi connectivity index (χ4n) is 3.06. The molecule has 0 saturated carbocycles. The molecule has 1 heterocycles.